The van der Waals surface area contributed by atoms with Crippen molar-refractivity contribution in [1.82, 2.24) is 14.9 Å². The Hall–Kier alpha value is -0.520. The largest absolute Gasteiger partial charge is 0.367 e. The molecular weight excluding hydrogens is 174 g/mol. The van der Waals surface area contributed by atoms with Gasteiger partial charge in [0.15, 0.2) is 0 Å². The van der Waals surface area contributed by atoms with Crippen LogP contribution >= 0.6 is 11.5 Å². The van der Waals surface area contributed by atoms with Crippen LogP contribution in [0.5, 0.6) is 0 Å². The smallest absolute Gasteiger partial charge is 0.0906 e. The highest BCUT2D eigenvalue weighted by atomic mass is 32.1. The van der Waals surface area contributed by atoms with Crippen LogP contribution in [-0.2, 0) is 11.3 Å². The van der Waals surface area contributed by atoms with Crippen LogP contribution in [0.2, 0.25) is 0 Å². The van der Waals surface area contributed by atoms with Crippen LogP contribution in [0.1, 0.15) is 11.8 Å². The van der Waals surface area contributed by atoms with Gasteiger partial charge >= 0.3 is 0 Å². The average molecular weight is 185 g/mol. The van der Waals surface area contributed by atoms with Crippen molar-refractivity contribution in [2.24, 2.45) is 0 Å². The van der Waals surface area contributed by atoms with E-state index in [1.807, 2.05) is 0 Å². The molecule has 4 nitrogen and oxygen atoms in total. The zero-order valence-corrected chi connectivity index (χ0v) is 7.73. The zero-order chi connectivity index (χ0) is 8.44. The van der Waals surface area contributed by atoms with E-state index < -0.39 is 0 Å². The first-order valence-electron chi connectivity index (χ1n) is 3.89. The highest BCUT2D eigenvalue weighted by molar-refractivity contribution is 7.05. The predicted molar refractivity (Wildman–Crippen MR) is 46.0 cm³/mol. The Bertz CT molecular complexity index is 245. The maximum atomic E-state index is 5.68. The lowest BCUT2D eigenvalue weighted by Crippen LogP contribution is -2.58. The second kappa shape index (κ2) is 3.08. The molecule has 1 aromatic heterocycles. The summed E-state index contributed by atoms with van der Waals surface area (Å²) in [6.45, 7) is 4.63. The third-order valence-corrected chi connectivity index (χ3v) is 2.60. The fourth-order valence-corrected chi connectivity index (χ4v) is 1.48. The van der Waals surface area contributed by atoms with Crippen LogP contribution in [0.4, 0.5) is 0 Å². The number of hydrogen-bond acceptors (Lipinski definition) is 5. The van der Waals surface area contributed by atoms with Crippen molar-refractivity contribution in [1.29, 1.82) is 0 Å². The second-order valence-corrected chi connectivity index (χ2v) is 4.10. The number of nitrogens with one attached hydrogen (secondary N) is 1. The standard InChI is InChI=1S/C7H11N3OS/c1-7(4-8-5-7)11-3-6-2-9-10-12-6/h2,8H,3-5H2,1H3. The van der Waals surface area contributed by atoms with Gasteiger partial charge < -0.3 is 10.1 Å². The van der Waals surface area contributed by atoms with Crippen molar-refractivity contribution in [2.75, 3.05) is 13.1 Å². The van der Waals surface area contributed by atoms with Gasteiger partial charge in [0.2, 0.25) is 0 Å². The first-order chi connectivity index (χ1) is 5.79. The lowest BCUT2D eigenvalue weighted by molar-refractivity contribution is -0.0758. The Balaban J connectivity index is 1.82. The summed E-state index contributed by atoms with van der Waals surface area (Å²) < 4.78 is 9.44. The summed E-state index contributed by atoms with van der Waals surface area (Å²) in [4.78, 5) is 1.09. The molecule has 1 fully saturated rings. The fraction of sp³-hybridized carbons (Fsp3) is 0.714. The van der Waals surface area contributed by atoms with Gasteiger partial charge in [0.05, 0.1) is 23.3 Å². The molecule has 1 saturated heterocycles. The molecule has 0 atom stereocenters. The molecule has 2 heterocycles. The highest BCUT2D eigenvalue weighted by Crippen LogP contribution is 2.18. The summed E-state index contributed by atoms with van der Waals surface area (Å²) in [5.41, 5.74) is 0.0317. The quantitative estimate of drug-likeness (QED) is 0.741. The summed E-state index contributed by atoms with van der Waals surface area (Å²) in [7, 11) is 0. The minimum atomic E-state index is 0.0317. The monoisotopic (exact) mass is 185 g/mol. The lowest BCUT2D eigenvalue weighted by atomic mass is 10.0. The van der Waals surface area contributed by atoms with Crippen LogP contribution < -0.4 is 5.32 Å². The van der Waals surface area contributed by atoms with E-state index in [0.717, 1.165) is 18.0 Å². The van der Waals surface area contributed by atoms with Crippen LogP contribution in [-0.4, -0.2) is 28.3 Å². The van der Waals surface area contributed by atoms with E-state index in [-0.39, 0.29) is 5.60 Å². The van der Waals surface area contributed by atoms with E-state index in [4.69, 9.17) is 4.74 Å². The summed E-state index contributed by atoms with van der Waals surface area (Å²) in [5.74, 6) is 0. The summed E-state index contributed by atoms with van der Waals surface area (Å²) in [6, 6.07) is 0. The van der Waals surface area contributed by atoms with E-state index in [2.05, 4.69) is 21.8 Å². The van der Waals surface area contributed by atoms with Gasteiger partial charge in [0, 0.05) is 13.1 Å². The molecule has 5 heteroatoms. The van der Waals surface area contributed by atoms with Crippen LogP contribution in [0.15, 0.2) is 6.20 Å². The molecule has 0 spiro atoms. The molecule has 66 valence electrons. The van der Waals surface area contributed by atoms with E-state index in [1.54, 1.807) is 6.20 Å². The van der Waals surface area contributed by atoms with E-state index in [9.17, 15) is 0 Å². The molecule has 1 N–H and O–H groups in total. The molecule has 0 amide bonds. The van der Waals surface area contributed by atoms with Crippen molar-refractivity contribution in [2.45, 2.75) is 19.1 Å². The molecule has 0 bridgehead atoms. The summed E-state index contributed by atoms with van der Waals surface area (Å²) in [6.07, 6.45) is 1.75. The number of rotatable bonds is 3. The molecule has 1 aliphatic rings. The van der Waals surface area contributed by atoms with Gasteiger partial charge in [-0.15, -0.1) is 5.10 Å². The van der Waals surface area contributed by atoms with E-state index >= 15 is 0 Å². The minimum Gasteiger partial charge on any atom is -0.367 e. The third-order valence-electron chi connectivity index (χ3n) is 1.97. The molecular formula is C7H11N3OS. The van der Waals surface area contributed by atoms with Crippen molar-refractivity contribution >= 4 is 11.5 Å². The van der Waals surface area contributed by atoms with Crippen molar-refractivity contribution in [3.8, 4) is 0 Å². The Morgan fingerprint density at radius 3 is 3.08 bits per heavy atom. The average Bonchev–Trinajstić information content (AvgIpc) is 2.49. The fourth-order valence-electron chi connectivity index (χ4n) is 1.08. The van der Waals surface area contributed by atoms with Crippen molar-refractivity contribution in [3.63, 3.8) is 0 Å². The number of hydrogen-bond donors (Lipinski definition) is 1. The second-order valence-electron chi connectivity index (χ2n) is 3.23. The van der Waals surface area contributed by atoms with Gasteiger partial charge in [0.25, 0.3) is 0 Å². The van der Waals surface area contributed by atoms with Gasteiger partial charge in [-0.05, 0) is 18.5 Å². The molecule has 0 unspecified atom stereocenters. The van der Waals surface area contributed by atoms with Crippen LogP contribution in [0, 0.1) is 0 Å². The molecule has 1 aromatic rings. The molecule has 0 aliphatic carbocycles. The Morgan fingerprint density at radius 1 is 1.75 bits per heavy atom. The Kier molecular flexibility index (Phi) is 2.08. The van der Waals surface area contributed by atoms with E-state index in [0.29, 0.717) is 6.61 Å². The molecule has 0 aromatic carbocycles. The number of nitrogens with zero attached hydrogens (tertiary/aromatic N) is 2. The maximum Gasteiger partial charge on any atom is 0.0906 e. The maximum absolute atomic E-state index is 5.68. The summed E-state index contributed by atoms with van der Waals surface area (Å²) in [5, 5.41) is 6.92. The van der Waals surface area contributed by atoms with Gasteiger partial charge in [-0.1, -0.05) is 4.49 Å². The van der Waals surface area contributed by atoms with Crippen molar-refractivity contribution < 1.29 is 4.74 Å². The molecule has 12 heavy (non-hydrogen) atoms. The number of aromatic nitrogens is 2. The number of ether oxygens (including phenoxy) is 1. The first kappa shape index (κ1) is 8.10. The SMILES string of the molecule is CC1(OCc2cnns2)CNC1. The van der Waals surface area contributed by atoms with E-state index in [1.165, 1.54) is 11.5 Å². The topological polar surface area (TPSA) is 47.0 Å². The molecule has 0 radical (unpaired) electrons. The summed E-state index contributed by atoms with van der Waals surface area (Å²) >= 11 is 1.39. The third kappa shape index (κ3) is 1.63. The van der Waals surface area contributed by atoms with Gasteiger partial charge in [-0.25, -0.2) is 0 Å². The van der Waals surface area contributed by atoms with Gasteiger partial charge in [-0.3, -0.25) is 0 Å². The lowest BCUT2D eigenvalue weighted by Gasteiger charge is -2.38. The Morgan fingerprint density at radius 2 is 2.58 bits per heavy atom. The predicted octanol–water partition coefficient (Wildman–Crippen LogP) is 0.417. The van der Waals surface area contributed by atoms with Crippen molar-refractivity contribution in [3.05, 3.63) is 11.1 Å². The van der Waals surface area contributed by atoms with Crippen LogP contribution in [0.25, 0.3) is 0 Å². The molecule has 0 saturated carbocycles. The normalized spacial score (nSPS) is 20.4. The van der Waals surface area contributed by atoms with Gasteiger partial charge in [0.1, 0.15) is 0 Å². The molecule has 2 rings (SSSR count). The zero-order valence-electron chi connectivity index (χ0n) is 6.91. The van der Waals surface area contributed by atoms with Crippen LogP contribution in [0.3, 0.4) is 0 Å². The first-order valence-corrected chi connectivity index (χ1v) is 4.67. The van der Waals surface area contributed by atoms with Gasteiger partial charge in [-0.2, -0.15) is 0 Å². The Labute approximate surface area is 75.1 Å². The minimum absolute atomic E-state index is 0.0317. The highest BCUT2D eigenvalue weighted by Gasteiger charge is 2.32. The molecule has 1 aliphatic heterocycles.